The quantitative estimate of drug-likeness (QED) is 0.490. The van der Waals surface area contributed by atoms with Gasteiger partial charge in [-0.05, 0) is 25.1 Å². The first-order chi connectivity index (χ1) is 12.0. The minimum Gasteiger partial charge on any atom is -0.335 e. The van der Waals surface area contributed by atoms with Crippen molar-refractivity contribution in [1.82, 2.24) is 14.9 Å². The Bertz CT molecular complexity index is 894. The summed E-state index contributed by atoms with van der Waals surface area (Å²) in [5.41, 5.74) is 2.77. The maximum atomic E-state index is 12.1. The van der Waals surface area contributed by atoms with E-state index in [2.05, 4.69) is 31.4 Å². The number of nitrogens with one attached hydrogen (secondary N) is 1. The predicted octanol–water partition coefficient (Wildman–Crippen LogP) is 3.46. The second kappa shape index (κ2) is 7.71. The normalized spacial score (nSPS) is 10.6. The maximum absolute atomic E-state index is 12.1. The zero-order chi connectivity index (χ0) is 17.8. The van der Waals surface area contributed by atoms with Gasteiger partial charge >= 0.3 is 0 Å². The number of aryl methyl sites for hydroxylation is 1. The van der Waals surface area contributed by atoms with Crippen molar-refractivity contribution in [2.24, 2.45) is 0 Å². The van der Waals surface area contributed by atoms with Crippen molar-refractivity contribution in [1.29, 1.82) is 0 Å². The van der Waals surface area contributed by atoms with Gasteiger partial charge in [-0.2, -0.15) is 0 Å². The fraction of sp³-hybridized carbons (Fsp3) is 0.118. The van der Waals surface area contributed by atoms with E-state index in [0.29, 0.717) is 11.0 Å². The van der Waals surface area contributed by atoms with E-state index in [1.807, 2.05) is 55.5 Å². The van der Waals surface area contributed by atoms with Gasteiger partial charge in [0.15, 0.2) is 5.82 Å². The summed E-state index contributed by atoms with van der Waals surface area (Å²) in [7, 11) is 0. The molecule has 0 unspecified atom stereocenters. The molecule has 0 aliphatic rings. The van der Waals surface area contributed by atoms with Gasteiger partial charge < -0.3 is 11.2 Å². The molecule has 0 spiro atoms. The summed E-state index contributed by atoms with van der Waals surface area (Å²) in [6.45, 7) is 2.02. The van der Waals surface area contributed by atoms with E-state index in [1.54, 1.807) is 0 Å². The number of nitrogens with two attached hydrogens (primary N) is 1. The highest BCUT2D eigenvalue weighted by Crippen LogP contribution is 2.22. The number of amides is 1. The molecule has 0 saturated heterocycles. The van der Waals surface area contributed by atoms with Crippen molar-refractivity contribution in [2.45, 2.75) is 12.1 Å². The van der Waals surface area contributed by atoms with Gasteiger partial charge in [-0.25, -0.2) is 4.68 Å². The van der Waals surface area contributed by atoms with Gasteiger partial charge in [0.05, 0.1) is 5.75 Å². The largest absolute Gasteiger partial charge is 0.335 e. The second-order valence-corrected chi connectivity index (χ2v) is 7.25. The molecule has 0 fully saturated rings. The monoisotopic (exact) mass is 417 g/mol. The molecule has 128 valence electrons. The Labute approximate surface area is 157 Å². The molecular formula is C17H16BrN5OS. The lowest BCUT2D eigenvalue weighted by atomic mass is 10.1. The van der Waals surface area contributed by atoms with E-state index >= 15 is 0 Å². The molecule has 3 aromatic rings. The van der Waals surface area contributed by atoms with Gasteiger partial charge in [0, 0.05) is 15.7 Å². The molecule has 0 aliphatic heterocycles. The highest BCUT2D eigenvalue weighted by molar-refractivity contribution is 9.10. The third-order valence-corrected chi connectivity index (χ3v) is 4.85. The van der Waals surface area contributed by atoms with Crippen LogP contribution in [0.15, 0.2) is 58.2 Å². The second-order valence-electron chi connectivity index (χ2n) is 5.39. The van der Waals surface area contributed by atoms with E-state index in [1.165, 1.54) is 16.4 Å². The molecule has 0 saturated carbocycles. The third-order valence-electron chi connectivity index (χ3n) is 3.42. The SMILES string of the molecule is Cc1ccc(-c2nnc(SCC(=O)Nc3cccc(Br)c3)n2N)cc1. The molecule has 1 heterocycles. The van der Waals surface area contributed by atoms with Gasteiger partial charge in [0.25, 0.3) is 0 Å². The van der Waals surface area contributed by atoms with E-state index < -0.39 is 0 Å². The maximum Gasteiger partial charge on any atom is 0.234 e. The lowest BCUT2D eigenvalue weighted by Crippen LogP contribution is -2.16. The summed E-state index contributed by atoms with van der Waals surface area (Å²) in [6, 6.07) is 15.3. The number of aromatic nitrogens is 3. The van der Waals surface area contributed by atoms with Crippen LogP contribution in [0.1, 0.15) is 5.56 Å². The lowest BCUT2D eigenvalue weighted by molar-refractivity contribution is -0.113. The van der Waals surface area contributed by atoms with Gasteiger partial charge in [-0.15, -0.1) is 10.2 Å². The van der Waals surface area contributed by atoms with Crippen LogP contribution >= 0.6 is 27.7 Å². The molecule has 1 aromatic heterocycles. The van der Waals surface area contributed by atoms with Gasteiger partial charge in [0.1, 0.15) is 0 Å². The zero-order valence-electron chi connectivity index (χ0n) is 13.4. The number of hydrogen-bond acceptors (Lipinski definition) is 5. The Morgan fingerprint density at radius 2 is 2.00 bits per heavy atom. The number of anilines is 1. The minimum absolute atomic E-state index is 0.136. The fourth-order valence-corrected chi connectivity index (χ4v) is 3.22. The minimum atomic E-state index is -0.136. The predicted molar refractivity (Wildman–Crippen MR) is 104 cm³/mol. The summed E-state index contributed by atoms with van der Waals surface area (Å²) in [5, 5.41) is 11.5. The molecule has 0 bridgehead atoms. The molecule has 6 nitrogen and oxygen atoms in total. The fourth-order valence-electron chi connectivity index (χ4n) is 2.17. The van der Waals surface area contributed by atoms with Crippen molar-refractivity contribution in [3.63, 3.8) is 0 Å². The van der Waals surface area contributed by atoms with Crippen LogP contribution in [0, 0.1) is 6.92 Å². The van der Waals surface area contributed by atoms with Gasteiger partial charge in [-0.3, -0.25) is 4.79 Å². The summed E-state index contributed by atoms with van der Waals surface area (Å²) < 4.78 is 2.31. The van der Waals surface area contributed by atoms with E-state index in [9.17, 15) is 4.79 Å². The zero-order valence-corrected chi connectivity index (χ0v) is 15.8. The number of carbonyl (C=O) groups is 1. The molecule has 0 radical (unpaired) electrons. The van der Waals surface area contributed by atoms with Crippen LogP contribution < -0.4 is 11.2 Å². The average Bonchev–Trinajstić information content (AvgIpc) is 2.94. The number of halogens is 1. The summed E-state index contributed by atoms with van der Waals surface area (Å²) >= 11 is 4.61. The van der Waals surface area contributed by atoms with Crippen LogP contribution in [-0.4, -0.2) is 26.5 Å². The van der Waals surface area contributed by atoms with Crippen molar-refractivity contribution >= 4 is 39.3 Å². The summed E-state index contributed by atoms with van der Waals surface area (Å²) in [4.78, 5) is 12.1. The van der Waals surface area contributed by atoms with Crippen LogP contribution in [0.5, 0.6) is 0 Å². The molecule has 0 atom stereocenters. The first-order valence-corrected chi connectivity index (χ1v) is 9.26. The van der Waals surface area contributed by atoms with Crippen molar-refractivity contribution < 1.29 is 4.79 Å². The summed E-state index contributed by atoms with van der Waals surface area (Å²) in [5.74, 6) is 6.68. The molecular weight excluding hydrogens is 402 g/mol. The van der Waals surface area contributed by atoms with Crippen LogP contribution in [0.4, 0.5) is 5.69 Å². The van der Waals surface area contributed by atoms with E-state index in [4.69, 9.17) is 5.84 Å². The van der Waals surface area contributed by atoms with E-state index in [-0.39, 0.29) is 11.7 Å². The Balaban J connectivity index is 1.64. The molecule has 0 aliphatic carbocycles. The standard InChI is InChI=1S/C17H16BrN5OS/c1-11-5-7-12(8-6-11)16-21-22-17(23(16)19)25-10-15(24)20-14-4-2-3-13(18)9-14/h2-9H,10,19H2,1H3,(H,20,24). The van der Waals surface area contributed by atoms with Gasteiger partial charge in [0.2, 0.25) is 11.1 Å². The smallest absolute Gasteiger partial charge is 0.234 e. The molecule has 8 heteroatoms. The molecule has 2 aromatic carbocycles. The average molecular weight is 418 g/mol. The third kappa shape index (κ3) is 4.40. The first-order valence-electron chi connectivity index (χ1n) is 7.48. The van der Waals surface area contributed by atoms with Gasteiger partial charge in [-0.1, -0.05) is 63.6 Å². The number of nitrogens with zero attached hydrogens (tertiary/aromatic N) is 3. The van der Waals surface area contributed by atoms with Crippen LogP contribution in [-0.2, 0) is 4.79 Å². The number of nitrogen functional groups attached to an aromatic ring is 1. The van der Waals surface area contributed by atoms with Crippen LogP contribution in [0.25, 0.3) is 11.4 Å². The Hall–Kier alpha value is -2.32. The van der Waals surface area contributed by atoms with Crippen molar-refractivity contribution in [3.05, 3.63) is 58.6 Å². The lowest BCUT2D eigenvalue weighted by Gasteiger charge is -2.06. The topological polar surface area (TPSA) is 85.8 Å². The molecule has 1 amide bonds. The Morgan fingerprint density at radius 3 is 2.72 bits per heavy atom. The first kappa shape index (κ1) is 17.5. The van der Waals surface area contributed by atoms with Crippen LogP contribution in [0.2, 0.25) is 0 Å². The number of carbonyl (C=O) groups excluding carboxylic acids is 1. The molecule has 25 heavy (non-hydrogen) atoms. The highest BCUT2D eigenvalue weighted by atomic mass is 79.9. The van der Waals surface area contributed by atoms with Crippen LogP contribution in [0.3, 0.4) is 0 Å². The summed E-state index contributed by atoms with van der Waals surface area (Å²) in [6.07, 6.45) is 0. The Kier molecular flexibility index (Phi) is 5.40. The van der Waals surface area contributed by atoms with Crippen molar-refractivity contribution in [2.75, 3.05) is 16.9 Å². The number of thioether (sulfide) groups is 1. The molecule has 3 rings (SSSR count). The van der Waals surface area contributed by atoms with E-state index in [0.717, 1.165) is 21.3 Å². The number of rotatable bonds is 5. The van der Waals surface area contributed by atoms with Crippen molar-refractivity contribution in [3.8, 4) is 11.4 Å². The number of hydrogen-bond donors (Lipinski definition) is 2. The highest BCUT2D eigenvalue weighted by Gasteiger charge is 2.13. The Morgan fingerprint density at radius 1 is 1.24 bits per heavy atom. The number of benzene rings is 2. The molecule has 3 N–H and O–H groups in total.